The highest BCUT2D eigenvalue weighted by Gasteiger charge is 2.14. The lowest BCUT2D eigenvalue weighted by Gasteiger charge is -2.12. The molecule has 1 rings (SSSR count). The second kappa shape index (κ2) is 5.53. The zero-order chi connectivity index (χ0) is 14.8. The molecule has 0 unspecified atom stereocenters. The van der Waals surface area contributed by atoms with E-state index >= 15 is 0 Å². The van der Waals surface area contributed by atoms with Gasteiger partial charge in [-0.3, -0.25) is 9.36 Å². The van der Waals surface area contributed by atoms with E-state index in [-0.39, 0.29) is 18.1 Å². The second-order valence-electron chi connectivity index (χ2n) is 4.14. The molecular weight excluding hydrogens is 274 g/mol. The summed E-state index contributed by atoms with van der Waals surface area (Å²) >= 11 is 0. The van der Waals surface area contributed by atoms with Crippen LogP contribution in [0.3, 0.4) is 0 Å². The first-order chi connectivity index (χ1) is 8.66. The van der Waals surface area contributed by atoms with Crippen molar-refractivity contribution in [3.8, 4) is 0 Å². The fourth-order valence-corrected chi connectivity index (χ4v) is 2.02. The van der Waals surface area contributed by atoms with Crippen LogP contribution in [0.4, 0.5) is 5.82 Å². The average molecular weight is 291 g/mol. The summed E-state index contributed by atoms with van der Waals surface area (Å²) in [7, 11) is 2.25. The van der Waals surface area contributed by atoms with Crippen LogP contribution in [0.1, 0.15) is 0 Å². The predicted molar refractivity (Wildman–Crippen MR) is 70.7 cm³/mol. The van der Waals surface area contributed by atoms with Crippen molar-refractivity contribution in [1.82, 2.24) is 18.7 Å². The van der Waals surface area contributed by atoms with E-state index in [1.54, 1.807) is 0 Å². The van der Waals surface area contributed by atoms with Crippen molar-refractivity contribution in [2.24, 2.45) is 14.1 Å². The quantitative estimate of drug-likeness (QED) is 0.659. The molecule has 1 heterocycles. The van der Waals surface area contributed by atoms with Gasteiger partial charge in [-0.1, -0.05) is 0 Å². The fraction of sp³-hybridized carbons (Fsp3) is 0.667. The van der Waals surface area contributed by atoms with Gasteiger partial charge in [0.05, 0.1) is 5.75 Å². The SMILES string of the molecule is CN(C)S(=O)(=O)CCNc1nn(C)c(=O)n(C)c1=O. The first kappa shape index (κ1) is 15.4. The van der Waals surface area contributed by atoms with E-state index in [0.29, 0.717) is 0 Å². The molecule has 0 amide bonds. The van der Waals surface area contributed by atoms with Crippen LogP contribution in [0, 0.1) is 0 Å². The molecule has 1 N–H and O–H groups in total. The van der Waals surface area contributed by atoms with Crippen LogP contribution in [-0.2, 0) is 24.1 Å². The van der Waals surface area contributed by atoms with Gasteiger partial charge in [-0.15, -0.1) is 5.10 Å². The standard InChI is InChI=1S/C9H17N5O4S/c1-12(2)19(17,18)6-5-10-7-8(15)13(3)9(16)14(4)11-7/h5-6H2,1-4H3,(H,10,11). The lowest BCUT2D eigenvalue weighted by molar-refractivity contribution is 0.521. The van der Waals surface area contributed by atoms with Crippen molar-refractivity contribution >= 4 is 15.8 Å². The van der Waals surface area contributed by atoms with E-state index < -0.39 is 21.3 Å². The van der Waals surface area contributed by atoms with Crippen molar-refractivity contribution in [2.75, 3.05) is 31.7 Å². The molecule has 0 aliphatic heterocycles. The maximum atomic E-state index is 11.7. The highest BCUT2D eigenvalue weighted by Crippen LogP contribution is 1.95. The average Bonchev–Trinajstić information content (AvgIpc) is 2.32. The third-order valence-electron chi connectivity index (χ3n) is 2.53. The Kier molecular flexibility index (Phi) is 4.48. The summed E-state index contributed by atoms with van der Waals surface area (Å²) in [5.41, 5.74) is -1.14. The fourth-order valence-electron chi connectivity index (χ4n) is 1.29. The van der Waals surface area contributed by atoms with Gasteiger partial charge in [0.25, 0.3) is 5.56 Å². The third-order valence-corrected chi connectivity index (χ3v) is 4.36. The number of hydrogen-bond donors (Lipinski definition) is 1. The van der Waals surface area contributed by atoms with E-state index in [0.717, 1.165) is 13.6 Å². The summed E-state index contributed by atoms with van der Waals surface area (Å²) < 4.78 is 26.0. The zero-order valence-corrected chi connectivity index (χ0v) is 12.1. The minimum absolute atomic E-state index is 0.0287. The molecule has 0 bridgehead atoms. The molecule has 0 aliphatic rings. The Balaban J connectivity index is 2.87. The van der Waals surface area contributed by atoms with E-state index in [1.807, 2.05) is 0 Å². The van der Waals surface area contributed by atoms with Gasteiger partial charge in [-0.2, -0.15) is 0 Å². The van der Waals surface area contributed by atoms with Crippen molar-refractivity contribution < 1.29 is 8.42 Å². The van der Waals surface area contributed by atoms with Crippen molar-refractivity contribution in [1.29, 1.82) is 0 Å². The first-order valence-corrected chi connectivity index (χ1v) is 7.06. The number of anilines is 1. The number of nitrogens with one attached hydrogen (secondary N) is 1. The molecule has 0 saturated heterocycles. The van der Waals surface area contributed by atoms with Crippen LogP contribution in [0.2, 0.25) is 0 Å². The van der Waals surface area contributed by atoms with E-state index in [1.165, 1.54) is 28.2 Å². The summed E-state index contributed by atoms with van der Waals surface area (Å²) in [6.07, 6.45) is 0. The molecular formula is C9H17N5O4S. The molecule has 0 radical (unpaired) electrons. The number of rotatable bonds is 5. The number of aromatic nitrogens is 3. The Hall–Kier alpha value is -1.68. The van der Waals surface area contributed by atoms with Crippen LogP contribution < -0.4 is 16.6 Å². The molecule has 0 saturated carbocycles. The molecule has 108 valence electrons. The van der Waals surface area contributed by atoms with Crippen molar-refractivity contribution in [3.05, 3.63) is 20.8 Å². The van der Waals surface area contributed by atoms with Gasteiger partial charge >= 0.3 is 5.69 Å². The van der Waals surface area contributed by atoms with Gasteiger partial charge in [-0.25, -0.2) is 22.2 Å². The number of hydrogen-bond acceptors (Lipinski definition) is 6. The molecule has 1 aromatic rings. The van der Waals surface area contributed by atoms with Crippen LogP contribution in [0.25, 0.3) is 0 Å². The molecule has 1 aromatic heterocycles. The largest absolute Gasteiger partial charge is 0.363 e. The maximum absolute atomic E-state index is 11.7. The minimum atomic E-state index is -3.34. The topological polar surface area (TPSA) is 106 Å². The summed E-state index contributed by atoms with van der Waals surface area (Å²) in [6, 6.07) is 0. The lowest BCUT2D eigenvalue weighted by Crippen LogP contribution is -2.40. The van der Waals surface area contributed by atoms with Crippen LogP contribution in [0.5, 0.6) is 0 Å². The summed E-state index contributed by atoms with van der Waals surface area (Å²) in [4.78, 5) is 23.1. The van der Waals surface area contributed by atoms with Crippen molar-refractivity contribution in [2.45, 2.75) is 0 Å². The Labute approximate surface area is 110 Å². The Morgan fingerprint density at radius 3 is 2.37 bits per heavy atom. The third kappa shape index (κ3) is 3.41. The Morgan fingerprint density at radius 1 is 1.26 bits per heavy atom. The molecule has 9 nitrogen and oxygen atoms in total. The maximum Gasteiger partial charge on any atom is 0.346 e. The van der Waals surface area contributed by atoms with E-state index in [9.17, 15) is 18.0 Å². The normalized spacial score (nSPS) is 11.8. The first-order valence-electron chi connectivity index (χ1n) is 5.45. The molecule has 0 atom stereocenters. The van der Waals surface area contributed by atoms with Gasteiger partial charge in [0.2, 0.25) is 15.8 Å². The van der Waals surface area contributed by atoms with Crippen molar-refractivity contribution in [3.63, 3.8) is 0 Å². The predicted octanol–water partition coefficient (Wildman–Crippen LogP) is -2.22. The molecule has 10 heteroatoms. The molecule has 19 heavy (non-hydrogen) atoms. The molecule has 0 fully saturated rings. The molecule has 0 spiro atoms. The van der Waals surface area contributed by atoms with Gasteiger partial charge in [0.15, 0.2) is 0 Å². The van der Waals surface area contributed by atoms with Crippen LogP contribution >= 0.6 is 0 Å². The molecule has 0 aromatic carbocycles. The van der Waals surface area contributed by atoms with E-state index in [2.05, 4.69) is 10.4 Å². The smallest absolute Gasteiger partial charge is 0.346 e. The monoisotopic (exact) mass is 291 g/mol. The second-order valence-corrected chi connectivity index (χ2v) is 6.45. The van der Waals surface area contributed by atoms with Gasteiger partial charge < -0.3 is 5.32 Å². The number of sulfonamides is 1. The lowest BCUT2D eigenvalue weighted by atomic mass is 10.6. The van der Waals surface area contributed by atoms with E-state index in [4.69, 9.17) is 0 Å². The van der Waals surface area contributed by atoms with Crippen LogP contribution in [0.15, 0.2) is 9.59 Å². The zero-order valence-electron chi connectivity index (χ0n) is 11.2. The van der Waals surface area contributed by atoms with Gasteiger partial charge in [0, 0.05) is 34.7 Å². The summed E-state index contributed by atoms with van der Waals surface area (Å²) in [6.45, 7) is 0.0287. The van der Waals surface area contributed by atoms with Crippen LogP contribution in [-0.4, -0.2) is 53.5 Å². The molecule has 0 aliphatic carbocycles. The highest BCUT2D eigenvalue weighted by molar-refractivity contribution is 7.89. The van der Waals surface area contributed by atoms with Gasteiger partial charge in [-0.05, 0) is 0 Å². The number of aryl methyl sites for hydroxylation is 1. The Bertz CT molecular complexity index is 673. The highest BCUT2D eigenvalue weighted by atomic mass is 32.2. The minimum Gasteiger partial charge on any atom is -0.363 e. The summed E-state index contributed by atoms with van der Waals surface area (Å²) in [5, 5.41) is 6.37. The number of nitrogens with zero attached hydrogens (tertiary/aromatic N) is 4. The summed E-state index contributed by atoms with van der Waals surface area (Å²) in [5.74, 6) is -0.230. The Morgan fingerprint density at radius 2 is 1.84 bits per heavy atom. The van der Waals surface area contributed by atoms with Gasteiger partial charge in [0.1, 0.15) is 0 Å².